The third-order valence-electron chi connectivity index (χ3n) is 3.19. The number of benzene rings is 2. The summed E-state index contributed by atoms with van der Waals surface area (Å²) in [5, 5.41) is 32.1. The average molecular weight is 297 g/mol. The van der Waals surface area contributed by atoms with Crippen LogP contribution in [0.1, 0.15) is 11.1 Å². The number of nitrogens with zero attached hydrogens (tertiary/aromatic N) is 2. The summed E-state index contributed by atoms with van der Waals surface area (Å²) in [6.07, 6.45) is 1.47. The normalized spacial score (nSPS) is 12.7. The fourth-order valence-corrected chi connectivity index (χ4v) is 2.07. The summed E-state index contributed by atoms with van der Waals surface area (Å²) in [7, 11) is 0. The summed E-state index contributed by atoms with van der Waals surface area (Å²) >= 11 is 0. The molecule has 110 valence electrons. The number of nitriles is 1. The zero-order valence-corrected chi connectivity index (χ0v) is 11.3. The van der Waals surface area contributed by atoms with Crippen molar-refractivity contribution < 1.29 is 14.8 Å². The molecule has 0 fully saturated rings. The van der Waals surface area contributed by atoms with E-state index in [1.807, 2.05) is 5.32 Å². The Morgan fingerprint density at radius 2 is 1.68 bits per heavy atom. The van der Waals surface area contributed by atoms with Crippen LogP contribution < -0.4 is 5.32 Å². The first kappa shape index (κ1) is 15.2. The number of hydrogen-bond donors (Lipinski definition) is 2. The van der Waals surface area contributed by atoms with Crippen LogP contribution in [-0.4, -0.2) is 15.9 Å². The lowest BCUT2D eigenvalue weighted by Gasteiger charge is -2.26. The van der Waals surface area contributed by atoms with Crippen molar-refractivity contribution in [2.45, 2.75) is 5.60 Å². The molecule has 1 atom stereocenters. The van der Waals surface area contributed by atoms with E-state index in [1.54, 1.807) is 18.2 Å². The summed E-state index contributed by atoms with van der Waals surface area (Å²) in [6, 6.07) is 12.9. The Labute approximate surface area is 125 Å². The highest BCUT2D eigenvalue weighted by Gasteiger charge is 2.40. The minimum absolute atomic E-state index is 0.122. The Morgan fingerprint density at radius 3 is 2.18 bits per heavy atom. The Morgan fingerprint density at radius 1 is 1.14 bits per heavy atom. The van der Waals surface area contributed by atoms with Gasteiger partial charge in [0.25, 0.3) is 11.6 Å². The van der Waals surface area contributed by atoms with Gasteiger partial charge >= 0.3 is 0 Å². The topological polar surface area (TPSA) is 116 Å². The van der Waals surface area contributed by atoms with Crippen molar-refractivity contribution in [1.82, 2.24) is 5.32 Å². The summed E-state index contributed by atoms with van der Waals surface area (Å²) in [5.74, 6) is -0.935. The van der Waals surface area contributed by atoms with E-state index >= 15 is 0 Å². The first-order chi connectivity index (χ1) is 10.5. The van der Waals surface area contributed by atoms with E-state index in [1.165, 1.54) is 42.6 Å². The highest BCUT2D eigenvalue weighted by molar-refractivity contribution is 5.91. The molecular weight excluding hydrogens is 286 g/mol. The van der Waals surface area contributed by atoms with Crippen LogP contribution in [0.2, 0.25) is 0 Å². The number of aliphatic hydroxyl groups is 1. The first-order valence-corrected chi connectivity index (χ1v) is 6.22. The van der Waals surface area contributed by atoms with E-state index < -0.39 is 16.4 Å². The van der Waals surface area contributed by atoms with Gasteiger partial charge in [-0.1, -0.05) is 30.3 Å². The molecule has 2 aromatic carbocycles. The van der Waals surface area contributed by atoms with Gasteiger partial charge in [0.05, 0.1) is 4.92 Å². The molecule has 0 aliphatic heterocycles. The number of rotatable bonds is 4. The van der Waals surface area contributed by atoms with E-state index in [0.717, 1.165) is 0 Å². The fraction of sp³-hybridized carbons (Fsp3) is 0.0667. The van der Waals surface area contributed by atoms with Crippen molar-refractivity contribution >= 4 is 11.6 Å². The Balaban J connectivity index is 2.56. The number of nitro groups is 1. The summed E-state index contributed by atoms with van der Waals surface area (Å²) < 4.78 is 0. The molecule has 0 aromatic heterocycles. The van der Waals surface area contributed by atoms with Crippen molar-refractivity contribution in [2.75, 3.05) is 0 Å². The maximum atomic E-state index is 12.2. The standard InChI is InChI=1S/C15H11N3O4/c16-10-17-14(19)15(20,11-4-2-1-3-5-11)12-6-8-13(9-7-12)18(21)22/h1-9,20H,(H,17,19). The van der Waals surface area contributed by atoms with Gasteiger partial charge in [0.15, 0.2) is 11.8 Å². The molecule has 22 heavy (non-hydrogen) atoms. The second kappa shape index (κ2) is 6.03. The molecule has 0 saturated carbocycles. The van der Waals surface area contributed by atoms with Crippen LogP contribution in [0.5, 0.6) is 0 Å². The molecule has 2 rings (SSSR count). The number of non-ortho nitro benzene ring substituents is 1. The van der Waals surface area contributed by atoms with Crippen LogP contribution in [0, 0.1) is 21.6 Å². The summed E-state index contributed by atoms with van der Waals surface area (Å²) in [4.78, 5) is 22.3. The van der Waals surface area contributed by atoms with Crippen molar-refractivity contribution in [1.29, 1.82) is 5.26 Å². The molecule has 7 heteroatoms. The largest absolute Gasteiger partial charge is 0.372 e. The highest BCUT2D eigenvalue weighted by Crippen LogP contribution is 2.31. The second-order valence-corrected chi connectivity index (χ2v) is 4.45. The number of carbonyl (C=O) groups excluding carboxylic acids is 1. The lowest BCUT2D eigenvalue weighted by atomic mass is 9.85. The summed E-state index contributed by atoms with van der Waals surface area (Å²) in [5.41, 5.74) is -1.92. The molecule has 0 radical (unpaired) electrons. The third kappa shape index (κ3) is 2.63. The van der Waals surface area contributed by atoms with Crippen molar-refractivity contribution in [3.8, 4) is 6.19 Å². The SMILES string of the molecule is N#CNC(=O)C(O)(c1ccccc1)c1ccc([N+](=O)[O-])cc1. The van der Waals surface area contributed by atoms with Crippen LogP contribution in [0.3, 0.4) is 0 Å². The number of hydrogen-bond acceptors (Lipinski definition) is 5. The smallest absolute Gasteiger partial charge is 0.274 e. The van der Waals surface area contributed by atoms with Gasteiger partial charge in [0.2, 0.25) is 0 Å². The maximum absolute atomic E-state index is 12.2. The Hall–Kier alpha value is -3.24. The van der Waals surface area contributed by atoms with E-state index in [-0.39, 0.29) is 16.8 Å². The van der Waals surface area contributed by atoms with Gasteiger partial charge in [-0.25, -0.2) is 0 Å². The van der Waals surface area contributed by atoms with Gasteiger partial charge in [-0.3, -0.25) is 20.2 Å². The molecule has 0 spiro atoms. The molecular formula is C15H11N3O4. The van der Waals surface area contributed by atoms with Gasteiger partial charge in [-0.05, 0) is 23.3 Å². The molecule has 0 saturated heterocycles. The molecule has 1 unspecified atom stereocenters. The Bertz CT molecular complexity index is 738. The average Bonchev–Trinajstić information content (AvgIpc) is 2.55. The molecule has 1 amide bonds. The number of nitro benzene ring substituents is 1. The number of carbonyl (C=O) groups is 1. The van der Waals surface area contributed by atoms with Gasteiger partial charge in [0, 0.05) is 12.1 Å². The van der Waals surface area contributed by atoms with E-state index in [2.05, 4.69) is 0 Å². The molecule has 2 aromatic rings. The van der Waals surface area contributed by atoms with Crippen LogP contribution in [0.25, 0.3) is 0 Å². The molecule has 7 nitrogen and oxygen atoms in total. The van der Waals surface area contributed by atoms with Crippen LogP contribution >= 0.6 is 0 Å². The second-order valence-electron chi connectivity index (χ2n) is 4.45. The van der Waals surface area contributed by atoms with E-state index in [0.29, 0.717) is 0 Å². The van der Waals surface area contributed by atoms with Gasteiger partial charge in [-0.15, -0.1) is 0 Å². The van der Waals surface area contributed by atoms with Gasteiger partial charge < -0.3 is 5.11 Å². The van der Waals surface area contributed by atoms with E-state index in [9.17, 15) is 20.0 Å². The minimum atomic E-state index is -2.12. The van der Waals surface area contributed by atoms with Crippen LogP contribution in [-0.2, 0) is 10.4 Å². The predicted molar refractivity (Wildman–Crippen MR) is 76.3 cm³/mol. The first-order valence-electron chi connectivity index (χ1n) is 6.22. The monoisotopic (exact) mass is 297 g/mol. The number of amides is 1. The van der Waals surface area contributed by atoms with Gasteiger partial charge in [-0.2, -0.15) is 5.26 Å². The van der Waals surface area contributed by atoms with Crippen LogP contribution in [0.4, 0.5) is 5.69 Å². The van der Waals surface area contributed by atoms with Crippen LogP contribution in [0.15, 0.2) is 54.6 Å². The molecule has 0 aliphatic carbocycles. The lowest BCUT2D eigenvalue weighted by molar-refractivity contribution is -0.384. The molecule has 0 aliphatic rings. The third-order valence-corrected chi connectivity index (χ3v) is 3.19. The quantitative estimate of drug-likeness (QED) is 0.383. The predicted octanol–water partition coefficient (Wildman–Crippen LogP) is 1.43. The minimum Gasteiger partial charge on any atom is -0.372 e. The maximum Gasteiger partial charge on any atom is 0.274 e. The molecule has 0 bridgehead atoms. The lowest BCUT2D eigenvalue weighted by Crippen LogP contribution is -2.43. The number of nitrogens with one attached hydrogen (secondary N) is 1. The van der Waals surface area contributed by atoms with Gasteiger partial charge in [0.1, 0.15) is 0 Å². The Kier molecular flexibility index (Phi) is 4.15. The highest BCUT2D eigenvalue weighted by atomic mass is 16.6. The molecule has 0 heterocycles. The molecule has 2 N–H and O–H groups in total. The van der Waals surface area contributed by atoms with Crippen molar-refractivity contribution in [3.63, 3.8) is 0 Å². The van der Waals surface area contributed by atoms with Crippen molar-refractivity contribution in [3.05, 3.63) is 75.8 Å². The zero-order chi connectivity index (χ0) is 16.2. The zero-order valence-electron chi connectivity index (χ0n) is 11.3. The van der Waals surface area contributed by atoms with E-state index in [4.69, 9.17) is 5.26 Å². The summed E-state index contributed by atoms with van der Waals surface area (Å²) in [6.45, 7) is 0. The fourth-order valence-electron chi connectivity index (χ4n) is 2.07. The van der Waals surface area contributed by atoms with Crippen molar-refractivity contribution in [2.24, 2.45) is 0 Å².